The van der Waals surface area contributed by atoms with E-state index in [0.717, 1.165) is 17.7 Å². The molecule has 96 valence electrons. The van der Waals surface area contributed by atoms with Crippen molar-refractivity contribution in [3.8, 4) is 6.07 Å². The summed E-state index contributed by atoms with van der Waals surface area (Å²) >= 11 is 0. The second kappa shape index (κ2) is 6.03. The van der Waals surface area contributed by atoms with Crippen LogP contribution in [0.1, 0.15) is 17.2 Å². The first-order valence-corrected chi connectivity index (χ1v) is 5.67. The Morgan fingerprint density at radius 1 is 1.32 bits per heavy atom. The van der Waals surface area contributed by atoms with Gasteiger partial charge in [0.1, 0.15) is 17.7 Å². The van der Waals surface area contributed by atoms with E-state index in [9.17, 15) is 8.78 Å². The van der Waals surface area contributed by atoms with E-state index in [-0.39, 0.29) is 5.56 Å². The van der Waals surface area contributed by atoms with Gasteiger partial charge in [-0.15, -0.1) is 0 Å². The van der Waals surface area contributed by atoms with Crippen molar-refractivity contribution < 1.29 is 8.78 Å². The molecule has 0 aliphatic rings. The maximum atomic E-state index is 13.6. The minimum absolute atomic E-state index is 0.132. The van der Waals surface area contributed by atoms with Crippen LogP contribution in [0, 0.1) is 23.0 Å². The summed E-state index contributed by atoms with van der Waals surface area (Å²) in [7, 11) is 0. The van der Waals surface area contributed by atoms with Crippen LogP contribution in [0.25, 0.3) is 0 Å². The van der Waals surface area contributed by atoms with Crippen LogP contribution in [-0.4, -0.2) is 4.98 Å². The minimum atomic E-state index is -0.833. The zero-order chi connectivity index (χ0) is 13.7. The molecule has 2 rings (SSSR count). The van der Waals surface area contributed by atoms with Gasteiger partial charge in [0.15, 0.2) is 0 Å². The average Bonchev–Trinajstić information content (AvgIpc) is 2.42. The lowest BCUT2D eigenvalue weighted by atomic mass is 10.1. The van der Waals surface area contributed by atoms with Gasteiger partial charge < -0.3 is 0 Å². The van der Waals surface area contributed by atoms with E-state index in [4.69, 9.17) is 5.26 Å². The number of hydrogen-bond donors (Lipinski definition) is 1. The fourth-order valence-electron chi connectivity index (χ4n) is 1.68. The quantitative estimate of drug-likeness (QED) is 0.918. The van der Waals surface area contributed by atoms with E-state index < -0.39 is 17.7 Å². The van der Waals surface area contributed by atoms with Crippen molar-refractivity contribution >= 4 is 0 Å². The maximum absolute atomic E-state index is 13.6. The average molecular weight is 259 g/mol. The van der Waals surface area contributed by atoms with Crippen LogP contribution in [0.15, 0.2) is 42.7 Å². The Kier molecular flexibility index (Phi) is 4.16. The fraction of sp³-hybridized carbons (Fsp3) is 0.143. The van der Waals surface area contributed by atoms with Gasteiger partial charge >= 0.3 is 0 Å². The number of pyridine rings is 1. The Labute approximate surface area is 109 Å². The van der Waals surface area contributed by atoms with E-state index in [2.05, 4.69) is 10.3 Å². The molecular weight excluding hydrogens is 248 g/mol. The zero-order valence-corrected chi connectivity index (χ0v) is 9.98. The highest BCUT2D eigenvalue weighted by Crippen LogP contribution is 2.18. The van der Waals surface area contributed by atoms with Crippen LogP contribution in [0.5, 0.6) is 0 Å². The summed E-state index contributed by atoms with van der Waals surface area (Å²) in [6.45, 7) is 0.378. The van der Waals surface area contributed by atoms with Crippen molar-refractivity contribution in [3.05, 3.63) is 65.5 Å². The van der Waals surface area contributed by atoms with Gasteiger partial charge in [-0.1, -0.05) is 12.1 Å². The summed E-state index contributed by atoms with van der Waals surface area (Å²) < 4.78 is 26.4. The monoisotopic (exact) mass is 259 g/mol. The molecule has 1 unspecified atom stereocenters. The highest BCUT2D eigenvalue weighted by Gasteiger charge is 2.15. The Morgan fingerprint density at radius 3 is 2.79 bits per heavy atom. The molecule has 0 radical (unpaired) electrons. The van der Waals surface area contributed by atoms with Gasteiger partial charge in [-0.25, -0.2) is 8.78 Å². The lowest BCUT2D eigenvalue weighted by Crippen LogP contribution is -2.20. The molecule has 1 aromatic heterocycles. The number of nitrogens with one attached hydrogen (secondary N) is 1. The molecule has 0 aliphatic heterocycles. The molecule has 5 heteroatoms. The molecule has 1 atom stereocenters. The fourth-order valence-corrected chi connectivity index (χ4v) is 1.68. The van der Waals surface area contributed by atoms with Gasteiger partial charge in [0.25, 0.3) is 0 Å². The van der Waals surface area contributed by atoms with Gasteiger partial charge in [0.05, 0.1) is 6.07 Å². The minimum Gasteiger partial charge on any atom is -0.294 e. The van der Waals surface area contributed by atoms with Gasteiger partial charge in [0.2, 0.25) is 0 Å². The number of nitrogens with zero attached hydrogens (tertiary/aromatic N) is 2. The molecule has 1 N–H and O–H groups in total. The van der Waals surface area contributed by atoms with Crippen LogP contribution in [0.2, 0.25) is 0 Å². The Bertz CT molecular complexity index is 593. The van der Waals surface area contributed by atoms with Crippen LogP contribution < -0.4 is 5.32 Å². The predicted molar refractivity (Wildman–Crippen MR) is 65.8 cm³/mol. The van der Waals surface area contributed by atoms with Crippen LogP contribution >= 0.6 is 0 Å². The Balaban J connectivity index is 2.11. The second-order valence-electron chi connectivity index (χ2n) is 3.97. The first-order valence-electron chi connectivity index (χ1n) is 5.67. The lowest BCUT2D eigenvalue weighted by molar-refractivity contribution is 0.543. The van der Waals surface area contributed by atoms with Crippen molar-refractivity contribution in [3.63, 3.8) is 0 Å². The topological polar surface area (TPSA) is 48.7 Å². The lowest BCUT2D eigenvalue weighted by Gasteiger charge is -2.12. The molecule has 0 fully saturated rings. The number of nitriles is 1. The molecule has 0 aliphatic carbocycles. The second-order valence-corrected chi connectivity index (χ2v) is 3.97. The third-order valence-corrected chi connectivity index (χ3v) is 2.64. The summed E-state index contributed by atoms with van der Waals surface area (Å²) in [5.41, 5.74) is 1.01. The molecule has 0 saturated carbocycles. The molecule has 0 saturated heterocycles. The van der Waals surface area contributed by atoms with Crippen molar-refractivity contribution in [2.24, 2.45) is 0 Å². The molecule has 19 heavy (non-hydrogen) atoms. The summed E-state index contributed by atoms with van der Waals surface area (Å²) in [5.74, 6) is -1.39. The number of aromatic nitrogens is 1. The van der Waals surface area contributed by atoms with Crippen LogP contribution in [0.4, 0.5) is 8.78 Å². The molecule has 0 bridgehead atoms. The number of benzene rings is 1. The number of rotatable bonds is 4. The van der Waals surface area contributed by atoms with E-state index >= 15 is 0 Å². The molecular formula is C14H11F2N3. The van der Waals surface area contributed by atoms with E-state index in [0.29, 0.717) is 6.54 Å². The van der Waals surface area contributed by atoms with E-state index in [1.807, 2.05) is 12.1 Å². The third kappa shape index (κ3) is 3.33. The SMILES string of the molecule is N#CC(NCc1cccnc1)c1ccc(F)cc1F. The summed E-state index contributed by atoms with van der Waals surface area (Å²) in [6, 6.07) is 7.92. The molecule has 0 spiro atoms. The molecule has 0 amide bonds. The van der Waals surface area contributed by atoms with E-state index in [1.165, 1.54) is 6.07 Å². The molecule has 3 nitrogen and oxygen atoms in total. The van der Waals surface area contributed by atoms with Crippen molar-refractivity contribution in [2.45, 2.75) is 12.6 Å². The van der Waals surface area contributed by atoms with E-state index in [1.54, 1.807) is 18.5 Å². The zero-order valence-electron chi connectivity index (χ0n) is 9.98. The first-order chi connectivity index (χ1) is 9.20. The molecule has 2 aromatic rings. The molecule has 1 aromatic carbocycles. The van der Waals surface area contributed by atoms with Crippen LogP contribution in [0.3, 0.4) is 0 Å². The summed E-state index contributed by atoms with van der Waals surface area (Å²) in [6.07, 6.45) is 3.30. The highest BCUT2D eigenvalue weighted by molar-refractivity contribution is 5.26. The summed E-state index contributed by atoms with van der Waals surface area (Å²) in [4.78, 5) is 3.94. The first kappa shape index (κ1) is 13.1. The number of hydrogen-bond acceptors (Lipinski definition) is 3. The number of halogens is 2. The Hall–Kier alpha value is -2.32. The largest absolute Gasteiger partial charge is 0.294 e. The van der Waals surface area contributed by atoms with Crippen molar-refractivity contribution in [1.29, 1.82) is 5.26 Å². The smallest absolute Gasteiger partial charge is 0.131 e. The third-order valence-electron chi connectivity index (χ3n) is 2.64. The van der Waals surface area contributed by atoms with Gasteiger partial charge in [0, 0.05) is 30.6 Å². The Morgan fingerprint density at radius 2 is 2.16 bits per heavy atom. The van der Waals surface area contributed by atoms with Crippen molar-refractivity contribution in [1.82, 2.24) is 10.3 Å². The summed E-state index contributed by atoms with van der Waals surface area (Å²) in [5, 5.41) is 12.0. The van der Waals surface area contributed by atoms with Crippen LogP contribution in [-0.2, 0) is 6.54 Å². The maximum Gasteiger partial charge on any atom is 0.131 e. The normalized spacial score (nSPS) is 11.8. The predicted octanol–water partition coefficient (Wildman–Crippen LogP) is 2.71. The van der Waals surface area contributed by atoms with Gasteiger partial charge in [-0.2, -0.15) is 5.26 Å². The standard InChI is InChI=1S/C14H11F2N3/c15-11-3-4-12(13(16)6-11)14(7-17)19-9-10-2-1-5-18-8-10/h1-6,8,14,19H,9H2. The molecule has 1 heterocycles. The van der Waals surface area contributed by atoms with Gasteiger partial charge in [-0.3, -0.25) is 10.3 Å². The highest BCUT2D eigenvalue weighted by atomic mass is 19.1. The van der Waals surface area contributed by atoms with Gasteiger partial charge in [-0.05, 0) is 17.7 Å². The van der Waals surface area contributed by atoms with Crippen molar-refractivity contribution in [2.75, 3.05) is 0 Å².